The van der Waals surface area contributed by atoms with Crippen LogP contribution in [0.25, 0.3) is 0 Å². The number of hydrogen-bond donors (Lipinski definition) is 2. The van der Waals surface area contributed by atoms with E-state index in [1.54, 1.807) is 0 Å². The van der Waals surface area contributed by atoms with Gasteiger partial charge in [0.25, 0.3) is 0 Å². The highest BCUT2D eigenvalue weighted by molar-refractivity contribution is 5.17. The van der Waals surface area contributed by atoms with Gasteiger partial charge in [-0.05, 0) is 18.4 Å². The molecule has 1 unspecified atom stereocenters. The first kappa shape index (κ1) is 11.6. The van der Waals surface area contributed by atoms with Gasteiger partial charge in [0.15, 0.2) is 0 Å². The lowest BCUT2D eigenvalue weighted by atomic mass is 10.1. The minimum absolute atomic E-state index is 0.336. The maximum absolute atomic E-state index is 9.85. The lowest BCUT2D eigenvalue weighted by Crippen LogP contribution is -2.26. The number of aliphatic hydroxyl groups excluding tert-OH is 1. The van der Waals surface area contributed by atoms with Gasteiger partial charge in [-0.3, -0.25) is 4.84 Å². The van der Waals surface area contributed by atoms with Gasteiger partial charge in [0.1, 0.15) is 0 Å². The molecule has 0 heterocycles. The molecule has 1 atom stereocenters. The summed E-state index contributed by atoms with van der Waals surface area (Å²) in [4.78, 5) is 5.49. The third-order valence-corrected chi connectivity index (χ3v) is 3.01. The highest BCUT2D eigenvalue weighted by atomic mass is 16.7. The van der Waals surface area contributed by atoms with Crippen molar-refractivity contribution in [2.45, 2.75) is 37.9 Å². The molecule has 3 heteroatoms. The molecule has 0 amide bonds. The van der Waals surface area contributed by atoms with E-state index < -0.39 is 6.10 Å². The van der Waals surface area contributed by atoms with Gasteiger partial charge in [-0.15, -0.1) is 0 Å². The molecule has 0 bridgehead atoms. The van der Waals surface area contributed by atoms with E-state index in [-0.39, 0.29) is 0 Å². The Labute approximate surface area is 96.4 Å². The minimum atomic E-state index is -0.498. The lowest BCUT2D eigenvalue weighted by Gasteiger charge is -2.15. The Hall–Kier alpha value is -0.900. The Morgan fingerprint density at radius 2 is 1.94 bits per heavy atom. The topological polar surface area (TPSA) is 41.5 Å². The van der Waals surface area contributed by atoms with Crippen molar-refractivity contribution in [3.05, 3.63) is 35.9 Å². The molecular weight excluding hydrogens is 202 g/mol. The predicted octanol–water partition coefficient (Wildman–Crippen LogP) is 2.18. The molecule has 88 valence electrons. The molecule has 0 aromatic heterocycles. The van der Waals surface area contributed by atoms with Gasteiger partial charge in [-0.2, -0.15) is 5.48 Å². The van der Waals surface area contributed by atoms with Crippen molar-refractivity contribution in [1.29, 1.82) is 0 Å². The van der Waals surface area contributed by atoms with E-state index in [1.165, 1.54) is 12.8 Å². The monoisotopic (exact) mass is 221 g/mol. The van der Waals surface area contributed by atoms with Crippen molar-refractivity contribution in [3.63, 3.8) is 0 Å². The Bertz CT molecular complexity index is 296. The van der Waals surface area contributed by atoms with Crippen LogP contribution in [0.4, 0.5) is 0 Å². The number of hydrogen-bond acceptors (Lipinski definition) is 3. The molecule has 0 saturated heterocycles. The van der Waals surface area contributed by atoms with E-state index in [0.29, 0.717) is 12.6 Å². The van der Waals surface area contributed by atoms with E-state index in [0.717, 1.165) is 18.4 Å². The second kappa shape index (κ2) is 5.99. The zero-order chi connectivity index (χ0) is 11.2. The molecule has 2 N–H and O–H groups in total. The van der Waals surface area contributed by atoms with Crippen LogP contribution in [0.1, 0.15) is 37.4 Å². The molecule has 0 radical (unpaired) electrons. The van der Waals surface area contributed by atoms with Crippen molar-refractivity contribution in [3.8, 4) is 0 Å². The first-order chi connectivity index (χ1) is 7.86. The average Bonchev–Trinajstić information content (AvgIpc) is 2.83. The van der Waals surface area contributed by atoms with Gasteiger partial charge >= 0.3 is 0 Å². The number of benzene rings is 1. The second-order valence-corrected chi connectivity index (χ2v) is 4.30. The van der Waals surface area contributed by atoms with Crippen molar-refractivity contribution in [1.82, 2.24) is 5.48 Å². The molecule has 0 spiro atoms. The van der Waals surface area contributed by atoms with Crippen LogP contribution in [0.2, 0.25) is 0 Å². The predicted molar refractivity (Wildman–Crippen MR) is 62.7 cm³/mol. The highest BCUT2D eigenvalue weighted by Gasteiger charge is 2.16. The fourth-order valence-electron chi connectivity index (χ4n) is 2.04. The summed E-state index contributed by atoms with van der Waals surface area (Å²) in [5, 5.41) is 9.85. The van der Waals surface area contributed by atoms with Gasteiger partial charge in [0, 0.05) is 0 Å². The lowest BCUT2D eigenvalue weighted by molar-refractivity contribution is -0.0372. The van der Waals surface area contributed by atoms with Gasteiger partial charge < -0.3 is 5.11 Å². The molecule has 3 nitrogen and oxygen atoms in total. The Morgan fingerprint density at radius 1 is 1.25 bits per heavy atom. The van der Waals surface area contributed by atoms with Crippen LogP contribution in [0.3, 0.4) is 0 Å². The first-order valence-electron chi connectivity index (χ1n) is 5.98. The SMILES string of the molecule is OC(CNOC1CCCC1)c1ccccc1. The molecule has 16 heavy (non-hydrogen) atoms. The van der Waals surface area contributed by atoms with Crippen LogP contribution in [-0.2, 0) is 4.84 Å². The summed E-state index contributed by atoms with van der Waals surface area (Å²) in [6, 6.07) is 9.63. The van der Waals surface area contributed by atoms with Crippen LogP contribution in [-0.4, -0.2) is 17.8 Å². The Balaban J connectivity index is 1.69. The third-order valence-electron chi connectivity index (χ3n) is 3.01. The third kappa shape index (κ3) is 3.30. The van der Waals surface area contributed by atoms with Crippen LogP contribution < -0.4 is 5.48 Å². The first-order valence-corrected chi connectivity index (χ1v) is 5.98. The molecule has 1 fully saturated rings. The van der Waals surface area contributed by atoms with Gasteiger partial charge in [0.2, 0.25) is 0 Å². The molecule has 0 aliphatic heterocycles. The summed E-state index contributed by atoms with van der Waals surface area (Å²) < 4.78 is 0. The van der Waals surface area contributed by atoms with Crippen molar-refractivity contribution in [2.24, 2.45) is 0 Å². The van der Waals surface area contributed by atoms with Crippen LogP contribution in [0.5, 0.6) is 0 Å². The summed E-state index contributed by atoms with van der Waals surface area (Å²) in [5.74, 6) is 0. The Kier molecular flexibility index (Phi) is 4.34. The van der Waals surface area contributed by atoms with Crippen molar-refractivity contribution < 1.29 is 9.94 Å². The molecule has 1 aromatic rings. The summed E-state index contributed by atoms with van der Waals surface area (Å²) in [5.41, 5.74) is 3.80. The van der Waals surface area contributed by atoms with Crippen LogP contribution in [0.15, 0.2) is 30.3 Å². The second-order valence-electron chi connectivity index (χ2n) is 4.30. The largest absolute Gasteiger partial charge is 0.387 e. The molecular formula is C13H19NO2. The summed E-state index contributed by atoms with van der Waals surface area (Å²) in [6.07, 6.45) is 4.62. The quantitative estimate of drug-likeness (QED) is 0.749. The zero-order valence-electron chi connectivity index (χ0n) is 9.43. The Morgan fingerprint density at radius 3 is 2.62 bits per heavy atom. The van der Waals surface area contributed by atoms with E-state index >= 15 is 0 Å². The number of nitrogens with one attached hydrogen (secondary N) is 1. The normalized spacial score (nSPS) is 18.8. The van der Waals surface area contributed by atoms with Crippen molar-refractivity contribution in [2.75, 3.05) is 6.54 Å². The van der Waals surface area contributed by atoms with Crippen molar-refractivity contribution >= 4 is 0 Å². The van der Waals surface area contributed by atoms with Gasteiger partial charge in [-0.25, -0.2) is 0 Å². The standard InChI is InChI=1S/C13H19NO2/c15-13(11-6-2-1-3-7-11)10-14-16-12-8-4-5-9-12/h1-3,6-7,12-15H,4-5,8-10H2. The number of aliphatic hydroxyl groups is 1. The highest BCUT2D eigenvalue weighted by Crippen LogP contribution is 2.20. The minimum Gasteiger partial charge on any atom is -0.387 e. The summed E-state index contributed by atoms with van der Waals surface area (Å²) in [7, 11) is 0. The fraction of sp³-hybridized carbons (Fsp3) is 0.538. The van der Waals surface area contributed by atoms with E-state index in [1.807, 2.05) is 30.3 Å². The molecule has 1 saturated carbocycles. The maximum atomic E-state index is 9.85. The summed E-state index contributed by atoms with van der Waals surface area (Å²) >= 11 is 0. The summed E-state index contributed by atoms with van der Waals surface area (Å²) in [6.45, 7) is 0.445. The molecule has 2 rings (SSSR count). The van der Waals surface area contributed by atoms with E-state index in [4.69, 9.17) is 4.84 Å². The molecule has 1 aliphatic rings. The smallest absolute Gasteiger partial charge is 0.0937 e. The van der Waals surface area contributed by atoms with Gasteiger partial charge in [-0.1, -0.05) is 43.2 Å². The maximum Gasteiger partial charge on any atom is 0.0937 e. The molecule has 1 aliphatic carbocycles. The van der Waals surface area contributed by atoms with E-state index in [2.05, 4.69) is 5.48 Å². The van der Waals surface area contributed by atoms with Crippen LogP contribution >= 0.6 is 0 Å². The van der Waals surface area contributed by atoms with E-state index in [9.17, 15) is 5.11 Å². The molecule has 1 aromatic carbocycles. The average molecular weight is 221 g/mol. The van der Waals surface area contributed by atoms with Gasteiger partial charge in [0.05, 0.1) is 18.8 Å². The number of hydroxylamine groups is 1. The number of rotatable bonds is 5. The fourth-order valence-corrected chi connectivity index (χ4v) is 2.04. The zero-order valence-corrected chi connectivity index (χ0v) is 9.43. The van der Waals surface area contributed by atoms with Crippen LogP contribution in [0, 0.1) is 0 Å².